The van der Waals surface area contributed by atoms with Crippen LogP contribution in [0.15, 0.2) is 36.5 Å². The average Bonchev–Trinajstić information content (AvgIpc) is 2.79. The summed E-state index contributed by atoms with van der Waals surface area (Å²) in [7, 11) is 0. The summed E-state index contributed by atoms with van der Waals surface area (Å²) in [5, 5.41) is 5.60. The first-order valence-corrected chi connectivity index (χ1v) is 11.2. The lowest BCUT2D eigenvalue weighted by Crippen LogP contribution is -2.57. The minimum Gasteiger partial charge on any atom is -0.353 e. The Labute approximate surface area is 197 Å². The van der Waals surface area contributed by atoms with Crippen LogP contribution in [0, 0.1) is 19.8 Å². The number of hydrogen-bond donors (Lipinski definition) is 2. The van der Waals surface area contributed by atoms with Crippen molar-refractivity contribution in [3.8, 4) is 0 Å². The SMILES string of the molecule is Cc1cccc(C)c1NC(=O)NC(C(=O)N1CCN(c2ncccc2C(F)(F)F)CC1)C(C)C. The second kappa shape index (κ2) is 10.3. The van der Waals surface area contributed by atoms with Gasteiger partial charge in [-0.15, -0.1) is 0 Å². The highest BCUT2D eigenvalue weighted by Crippen LogP contribution is 2.35. The minimum atomic E-state index is -4.51. The van der Waals surface area contributed by atoms with E-state index in [1.54, 1.807) is 4.90 Å². The van der Waals surface area contributed by atoms with Crippen molar-refractivity contribution in [2.24, 2.45) is 5.92 Å². The van der Waals surface area contributed by atoms with Gasteiger partial charge >= 0.3 is 12.2 Å². The van der Waals surface area contributed by atoms with E-state index < -0.39 is 23.8 Å². The molecule has 1 atom stereocenters. The molecule has 3 amide bonds. The largest absolute Gasteiger partial charge is 0.419 e. The van der Waals surface area contributed by atoms with Crippen LogP contribution in [-0.4, -0.2) is 54.0 Å². The van der Waals surface area contributed by atoms with Gasteiger partial charge in [-0.25, -0.2) is 9.78 Å². The number of nitrogens with zero attached hydrogens (tertiary/aromatic N) is 3. The number of nitrogens with one attached hydrogen (secondary N) is 2. The number of carbonyl (C=O) groups is 2. The summed E-state index contributed by atoms with van der Waals surface area (Å²) in [5.41, 5.74) is 1.72. The molecule has 2 heterocycles. The zero-order chi connectivity index (χ0) is 25.0. The maximum atomic E-state index is 13.4. The molecule has 1 aromatic heterocycles. The molecule has 1 saturated heterocycles. The summed E-state index contributed by atoms with van der Waals surface area (Å²) in [5.74, 6) is -0.571. The van der Waals surface area contributed by atoms with Crippen LogP contribution in [0.5, 0.6) is 0 Å². The molecule has 1 unspecified atom stereocenters. The van der Waals surface area contributed by atoms with Gasteiger partial charge in [0.05, 0.1) is 5.56 Å². The highest BCUT2D eigenvalue weighted by Gasteiger charge is 2.37. The minimum absolute atomic E-state index is 0.131. The van der Waals surface area contributed by atoms with E-state index in [2.05, 4.69) is 15.6 Å². The van der Waals surface area contributed by atoms with E-state index in [1.165, 1.54) is 17.2 Å². The Bertz CT molecular complexity index is 1010. The fourth-order valence-electron chi connectivity index (χ4n) is 4.02. The first-order valence-electron chi connectivity index (χ1n) is 11.2. The van der Waals surface area contributed by atoms with Crippen molar-refractivity contribution < 1.29 is 22.8 Å². The Hall–Kier alpha value is -3.30. The lowest BCUT2D eigenvalue weighted by Gasteiger charge is -2.38. The maximum Gasteiger partial charge on any atom is 0.419 e. The molecule has 2 N–H and O–H groups in total. The number of halogens is 3. The number of hydrogen-bond acceptors (Lipinski definition) is 4. The van der Waals surface area contributed by atoms with Crippen LogP contribution in [0.25, 0.3) is 0 Å². The predicted octanol–water partition coefficient (Wildman–Crippen LogP) is 4.21. The zero-order valence-corrected chi connectivity index (χ0v) is 19.7. The second-order valence-corrected chi connectivity index (χ2v) is 8.77. The van der Waals surface area contributed by atoms with Crippen molar-refractivity contribution in [1.82, 2.24) is 15.2 Å². The number of piperazine rings is 1. The Morgan fingerprint density at radius 1 is 1.00 bits per heavy atom. The summed E-state index contributed by atoms with van der Waals surface area (Å²) in [4.78, 5) is 32.9. The standard InChI is InChI=1S/C24H30F3N5O2/c1-15(2)19(29-23(34)30-20-16(3)7-5-8-17(20)4)22(33)32-13-11-31(12-14-32)21-18(24(25,26)27)9-6-10-28-21/h5-10,15,19H,11-14H2,1-4H3,(H2,29,30,34). The van der Waals surface area contributed by atoms with E-state index in [-0.39, 0.29) is 43.8 Å². The zero-order valence-electron chi connectivity index (χ0n) is 19.7. The molecule has 0 aliphatic carbocycles. The molecular weight excluding hydrogens is 447 g/mol. The first-order chi connectivity index (χ1) is 16.0. The number of pyridine rings is 1. The molecule has 0 saturated carbocycles. The van der Waals surface area contributed by atoms with Crippen molar-refractivity contribution >= 4 is 23.4 Å². The van der Waals surface area contributed by atoms with Gasteiger partial charge in [0.15, 0.2) is 0 Å². The lowest BCUT2D eigenvalue weighted by molar-refractivity contribution is -0.138. The number of urea groups is 1. The number of anilines is 2. The van der Waals surface area contributed by atoms with Crippen LogP contribution in [0.2, 0.25) is 0 Å². The number of para-hydroxylation sites is 1. The van der Waals surface area contributed by atoms with E-state index in [9.17, 15) is 22.8 Å². The number of aryl methyl sites for hydroxylation is 2. The third-order valence-corrected chi connectivity index (χ3v) is 5.92. The van der Waals surface area contributed by atoms with Gasteiger partial charge in [0, 0.05) is 38.1 Å². The summed E-state index contributed by atoms with van der Waals surface area (Å²) >= 11 is 0. The van der Waals surface area contributed by atoms with Gasteiger partial charge in [-0.05, 0) is 43.0 Å². The Morgan fingerprint density at radius 2 is 1.62 bits per heavy atom. The number of amides is 3. The summed E-state index contributed by atoms with van der Waals surface area (Å²) in [6.07, 6.45) is -3.18. The van der Waals surface area contributed by atoms with Crippen molar-refractivity contribution in [2.45, 2.75) is 39.9 Å². The molecule has 0 bridgehead atoms. The Morgan fingerprint density at radius 3 is 2.18 bits per heavy atom. The number of benzene rings is 1. The summed E-state index contributed by atoms with van der Waals surface area (Å²) in [6.45, 7) is 8.34. The van der Waals surface area contributed by atoms with Crippen LogP contribution in [0.1, 0.15) is 30.5 Å². The lowest BCUT2D eigenvalue weighted by atomic mass is 10.0. The molecule has 1 fully saturated rings. The topological polar surface area (TPSA) is 77.6 Å². The Kier molecular flexibility index (Phi) is 7.68. The molecule has 1 aliphatic heterocycles. The number of rotatable bonds is 5. The Balaban J connectivity index is 1.65. The monoisotopic (exact) mass is 477 g/mol. The highest BCUT2D eigenvalue weighted by atomic mass is 19.4. The van der Waals surface area contributed by atoms with E-state index in [4.69, 9.17) is 0 Å². The van der Waals surface area contributed by atoms with Gasteiger partial charge in [0.25, 0.3) is 0 Å². The molecule has 7 nitrogen and oxygen atoms in total. The highest BCUT2D eigenvalue weighted by molar-refractivity contribution is 5.95. The molecule has 2 aromatic rings. The van der Waals surface area contributed by atoms with Crippen LogP contribution in [-0.2, 0) is 11.0 Å². The average molecular weight is 478 g/mol. The normalized spacial score (nSPS) is 15.3. The number of carbonyl (C=O) groups excluding carboxylic acids is 2. The molecule has 0 radical (unpaired) electrons. The fraction of sp³-hybridized carbons (Fsp3) is 0.458. The number of aromatic nitrogens is 1. The van der Waals surface area contributed by atoms with E-state index in [0.717, 1.165) is 17.2 Å². The molecule has 34 heavy (non-hydrogen) atoms. The van der Waals surface area contributed by atoms with Crippen LogP contribution >= 0.6 is 0 Å². The van der Waals surface area contributed by atoms with Gasteiger partial charge in [-0.1, -0.05) is 32.0 Å². The molecule has 0 spiro atoms. The summed E-state index contributed by atoms with van der Waals surface area (Å²) < 4.78 is 40.1. The van der Waals surface area contributed by atoms with Crippen LogP contribution in [0.4, 0.5) is 29.5 Å². The third-order valence-electron chi connectivity index (χ3n) is 5.92. The van der Waals surface area contributed by atoms with Crippen molar-refractivity contribution in [2.75, 3.05) is 36.4 Å². The van der Waals surface area contributed by atoms with Gasteiger partial charge in [-0.3, -0.25) is 4.79 Å². The smallest absolute Gasteiger partial charge is 0.353 e. The van der Waals surface area contributed by atoms with Gasteiger partial charge in [0.1, 0.15) is 11.9 Å². The molecular formula is C24H30F3N5O2. The van der Waals surface area contributed by atoms with Crippen LogP contribution in [0.3, 0.4) is 0 Å². The maximum absolute atomic E-state index is 13.4. The van der Waals surface area contributed by atoms with Crippen molar-refractivity contribution in [1.29, 1.82) is 0 Å². The summed E-state index contributed by atoms with van der Waals surface area (Å²) in [6, 6.07) is 6.69. The van der Waals surface area contributed by atoms with E-state index in [1.807, 2.05) is 45.9 Å². The van der Waals surface area contributed by atoms with Crippen molar-refractivity contribution in [3.63, 3.8) is 0 Å². The van der Waals surface area contributed by atoms with Gasteiger partial charge in [-0.2, -0.15) is 13.2 Å². The van der Waals surface area contributed by atoms with E-state index >= 15 is 0 Å². The third kappa shape index (κ3) is 5.78. The van der Waals surface area contributed by atoms with E-state index in [0.29, 0.717) is 5.69 Å². The van der Waals surface area contributed by atoms with Gasteiger partial charge in [0.2, 0.25) is 5.91 Å². The second-order valence-electron chi connectivity index (χ2n) is 8.77. The molecule has 3 rings (SSSR count). The van der Waals surface area contributed by atoms with Crippen molar-refractivity contribution in [3.05, 3.63) is 53.2 Å². The quantitative estimate of drug-likeness (QED) is 0.676. The first kappa shape index (κ1) is 25.3. The molecule has 1 aromatic carbocycles. The van der Waals surface area contributed by atoms with Crippen LogP contribution < -0.4 is 15.5 Å². The fourth-order valence-corrected chi connectivity index (χ4v) is 4.02. The van der Waals surface area contributed by atoms with Gasteiger partial charge < -0.3 is 20.4 Å². The molecule has 1 aliphatic rings. The number of alkyl halides is 3. The molecule has 10 heteroatoms. The predicted molar refractivity (Wildman–Crippen MR) is 125 cm³/mol. The molecule has 184 valence electrons.